The van der Waals surface area contributed by atoms with Gasteiger partial charge < -0.3 is 4.74 Å². The number of benzene rings is 1. The fourth-order valence-corrected chi connectivity index (χ4v) is 3.51. The quantitative estimate of drug-likeness (QED) is 0.831. The summed E-state index contributed by atoms with van der Waals surface area (Å²) in [6, 6.07) is 4.57. The van der Waals surface area contributed by atoms with Gasteiger partial charge in [0.15, 0.2) is 0 Å². The van der Waals surface area contributed by atoms with E-state index in [2.05, 4.69) is 26.0 Å². The molecule has 1 aliphatic carbocycles. The molecule has 0 atom stereocenters. The summed E-state index contributed by atoms with van der Waals surface area (Å²) in [6.45, 7) is 4.92. The Balaban J connectivity index is 1.84. The van der Waals surface area contributed by atoms with Gasteiger partial charge in [-0.3, -0.25) is 4.90 Å². The first-order valence-corrected chi connectivity index (χ1v) is 8.35. The SMILES string of the molecule is CCC(CC)OC(=O)N1CCCc2cc3c(cc21)CCC3. The fraction of sp³-hybridized carbons (Fsp3) is 0.611. The van der Waals surface area contributed by atoms with E-state index in [0.717, 1.165) is 44.3 Å². The van der Waals surface area contributed by atoms with E-state index < -0.39 is 0 Å². The van der Waals surface area contributed by atoms with Crippen molar-refractivity contribution in [2.75, 3.05) is 11.4 Å². The summed E-state index contributed by atoms with van der Waals surface area (Å²) in [7, 11) is 0. The van der Waals surface area contributed by atoms with Crippen LogP contribution in [0.4, 0.5) is 10.5 Å². The van der Waals surface area contributed by atoms with Gasteiger partial charge in [-0.15, -0.1) is 0 Å². The van der Waals surface area contributed by atoms with Gasteiger partial charge in [0.05, 0.1) is 5.69 Å². The molecular formula is C18H25NO2. The molecule has 3 heteroatoms. The summed E-state index contributed by atoms with van der Waals surface area (Å²) >= 11 is 0. The normalized spacial score (nSPS) is 16.8. The monoisotopic (exact) mass is 287 g/mol. The predicted molar refractivity (Wildman–Crippen MR) is 85.0 cm³/mol. The minimum absolute atomic E-state index is 0.0392. The zero-order valence-electron chi connectivity index (χ0n) is 13.2. The molecule has 0 saturated heterocycles. The summed E-state index contributed by atoms with van der Waals surface area (Å²) in [5.74, 6) is 0. The first-order chi connectivity index (χ1) is 10.2. The second-order valence-corrected chi connectivity index (χ2v) is 6.18. The van der Waals surface area contributed by atoms with E-state index in [1.54, 1.807) is 0 Å². The smallest absolute Gasteiger partial charge is 0.414 e. The molecule has 1 aromatic carbocycles. The molecule has 0 saturated carbocycles. The lowest BCUT2D eigenvalue weighted by atomic mass is 9.97. The average molecular weight is 287 g/mol. The largest absolute Gasteiger partial charge is 0.446 e. The van der Waals surface area contributed by atoms with Crippen LogP contribution >= 0.6 is 0 Å². The lowest BCUT2D eigenvalue weighted by molar-refractivity contribution is 0.0988. The Morgan fingerprint density at radius 1 is 1.10 bits per heavy atom. The van der Waals surface area contributed by atoms with Crippen LogP contribution in [0.25, 0.3) is 0 Å². The van der Waals surface area contributed by atoms with Crippen molar-refractivity contribution in [3.05, 3.63) is 28.8 Å². The maximum absolute atomic E-state index is 12.5. The van der Waals surface area contributed by atoms with E-state index >= 15 is 0 Å². The maximum atomic E-state index is 12.5. The van der Waals surface area contributed by atoms with Crippen molar-refractivity contribution in [2.45, 2.75) is 64.9 Å². The van der Waals surface area contributed by atoms with Crippen molar-refractivity contribution in [3.8, 4) is 0 Å². The van der Waals surface area contributed by atoms with Crippen molar-refractivity contribution < 1.29 is 9.53 Å². The standard InChI is InChI=1S/C18H25NO2/c1-3-16(4-2)21-18(20)19-10-6-9-15-11-13-7-5-8-14(13)12-17(15)19/h11-12,16H,3-10H2,1-2H3. The Hall–Kier alpha value is -1.51. The number of amides is 1. The van der Waals surface area contributed by atoms with E-state index in [4.69, 9.17) is 4.74 Å². The van der Waals surface area contributed by atoms with Gasteiger partial charge in [-0.05, 0) is 67.7 Å². The Morgan fingerprint density at radius 3 is 2.48 bits per heavy atom. The maximum Gasteiger partial charge on any atom is 0.414 e. The molecule has 1 aliphatic heterocycles. The molecular weight excluding hydrogens is 262 g/mol. The van der Waals surface area contributed by atoms with Crippen LogP contribution in [0, 0.1) is 0 Å². The summed E-state index contributed by atoms with van der Waals surface area (Å²) < 4.78 is 5.65. The molecule has 0 bridgehead atoms. The molecule has 0 spiro atoms. The number of fused-ring (bicyclic) bond motifs is 2. The molecule has 21 heavy (non-hydrogen) atoms. The van der Waals surface area contributed by atoms with Gasteiger partial charge in [0.2, 0.25) is 0 Å². The van der Waals surface area contributed by atoms with Gasteiger partial charge in [0.25, 0.3) is 0 Å². The van der Waals surface area contributed by atoms with Crippen LogP contribution in [0.15, 0.2) is 12.1 Å². The van der Waals surface area contributed by atoms with Crippen LogP contribution in [0.2, 0.25) is 0 Å². The molecule has 2 aliphatic rings. The first kappa shape index (κ1) is 14.4. The molecule has 114 valence electrons. The number of nitrogens with zero attached hydrogens (tertiary/aromatic N) is 1. The van der Waals surface area contributed by atoms with E-state index in [-0.39, 0.29) is 12.2 Å². The van der Waals surface area contributed by atoms with Crippen molar-refractivity contribution in [3.63, 3.8) is 0 Å². The molecule has 3 nitrogen and oxygen atoms in total. The Bertz CT molecular complexity index is 534. The second kappa shape index (κ2) is 6.08. The summed E-state index contributed by atoms with van der Waals surface area (Å²) in [4.78, 5) is 14.3. The van der Waals surface area contributed by atoms with Gasteiger partial charge in [0.1, 0.15) is 6.10 Å². The van der Waals surface area contributed by atoms with E-state index in [1.807, 2.05) is 4.90 Å². The molecule has 0 aromatic heterocycles. The minimum atomic E-state index is -0.164. The summed E-state index contributed by atoms with van der Waals surface area (Å²) in [5, 5.41) is 0. The van der Waals surface area contributed by atoms with Gasteiger partial charge in [-0.2, -0.15) is 0 Å². The Kier molecular flexibility index (Phi) is 4.18. The highest BCUT2D eigenvalue weighted by Gasteiger charge is 2.27. The molecule has 0 radical (unpaired) electrons. The third kappa shape index (κ3) is 2.78. The van der Waals surface area contributed by atoms with E-state index in [9.17, 15) is 4.79 Å². The van der Waals surface area contributed by atoms with Crippen LogP contribution in [0.3, 0.4) is 0 Å². The lowest BCUT2D eigenvalue weighted by Gasteiger charge is -2.31. The third-order valence-corrected chi connectivity index (χ3v) is 4.81. The third-order valence-electron chi connectivity index (χ3n) is 4.81. The molecule has 1 heterocycles. The topological polar surface area (TPSA) is 29.5 Å². The molecule has 1 amide bonds. The number of ether oxygens (including phenoxy) is 1. The van der Waals surface area contributed by atoms with Crippen LogP contribution < -0.4 is 4.90 Å². The van der Waals surface area contributed by atoms with Crippen LogP contribution in [-0.4, -0.2) is 18.7 Å². The Morgan fingerprint density at radius 2 is 1.76 bits per heavy atom. The van der Waals surface area contributed by atoms with Crippen molar-refractivity contribution in [2.24, 2.45) is 0 Å². The molecule has 3 rings (SSSR count). The number of hydrogen-bond donors (Lipinski definition) is 0. The molecule has 1 aromatic rings. The van der Waals surface area contributed by atoms with Crippen LogP contribution in [-0.2, 0) is 24.0 Å². The number of carbonyl (C=O) groups excluding carboxylic acids is 1. The number of rotatable bonds is 3. The highest BCUT2D eigenvalue weighted by atomic mass is 16.6. The summed E-state index contributed by atoms with van der Waals surface area (Å²) in [6.07, 6.45) is 7.34. The highest BCUT2D eigenvalue weighted by Crippen LogP contribution is 2.34. The number of aryl methyl sites for hydroxylation is 3. The van der Waals surface area contributed by atoms with Crippen molar-refractivity contribution >= 4 is 11.8 Å². The van der Waals surface area contributed by atoms with Gasteiger partial charge >= 0.3 is 6.09 Å². The van der Waals surface area contributed by atoms with Gasteiger partial charge in [0, 0.05) is 6.54 Å². The number of carbonyl (C=O) groups is 1. The highest BCUT2D eigenvalue weighted by molar-refractivity contribution is 5.89. The minimum Gasteiger partial charge on any atom is -0.446 e. The average Bonchev–Trinajstić information content (AvgIpc) is 2.96. The Labute approximate surface area is 127 Å². The predicted octanol–water partition coefficient (Wildman–Crippen LogP) is 4.25. The van der Waals surface area contributed by atoms with Gasteiger partial charge in [-0.1, -0.05) is 19.9 Å². The van der Waals surface area contributed by atoms with Gasteiger partial charge in [-0.25, -0.2) is 4.79 Å². The van der Waals surface area contributed by atoms with Crippen molar-refractivity contribution in [1.82, 2.24) is 0 Å². The molecule has 0 N–H and O–H groups in total. The van der Waals surface area contributed by atoms with Crippen molar-refractivity contribution in [1.29, 1.82) is 0 Å². The zero-order valence-corrected chi connectivity index (χ0v) is 13.2. The number of hydrogen-bond acceptors (Lipinski definition) is 2. The summed E-state index contributed by atoms with van der Waals surface area (Å²) in [5.41, 5.74) is 5.33. The fourth-order valence-electron chi connectivity index (χ4n) is 3.51. The van der Waals surface area contributed by atoms with Crippen LogP contribution in [0.5, 0.6) is 0 Å². The number of anilines is 1. The second-order valence-electron chi connectivity index (χ2n) is 6.18. The van der Waals surface area contributed by atoms with Crippen LogP contribution in [0.1, 0.15) is 56.2 Å². The zero-order chi connectivity index (χ0) is 14.8. The van der Waals surface area contributed by atoms with E-state index in [0.29, 0.717) is 0 Å². The molecule has 0 fully saturated rings. The lowest BCUT2D eigenvalue weighted by Crippen LogP contribution is -2.38. The molecule has 0 unspecified atom stereocenters. The first-order valence-electron chi connectivity index (χ1n) is 8.35. The van der Waals surface area contributed by atoms with E-state index in [1.165, 1.54) is 29.5 Å².